The van der Waals surface area contributed by atoms with Gasteiger partial charge in [0, 0.05) is 16.8 Å². The molecular weight excluding hydrogens is 364 g/mol. The second kappa shape index (κ2) is 8.61. The van der Waals surface area contributed by atoms with Crippen molar-refractivity contribution >= 4 is 23.2 Å². The highest BCUT2D eigenvalue weighted by molar-refractivity contribution is 6.07. The minimum absolute atomic E-state index is 0.217. The van der Waals surface area contributed by atoms with E-state index in [0.29, 0.717) is 22.6 Å². The lowest BCUT2D eigenvalue weighted by Gasteiger charge is -2.12. The number of hydrogen-bond acceptors (Lipinski definition) is 3. The van der Waals surface area contributed by atoms with Crippen LogP contribution in [-0.2, 0) is 0 Å². The molecule has 0 aliphatic heterocycles. The maximum absolute atomic E-state index is 12.6. The molecule has 0 bridgehead atoms. The van der Waals surface area contributed by atoms with Crippen LogP contribution in [0, 0.1) is 20.8 Å². The molecule has 0 heterocycles. The first-order chi connectivity index (χ1) is 13.9. The molecule has 3 aromatic carbocycles. The van der Waals surface area contributed by atoms with E-state index in [4.69, 9.17) is 4.74 Å². The normalized spacial score (nSPS) is 10.3. The van der Waals surface area contributed by atoms with Crippen LogP contribution >= 0.6 is 0 Å². The summed E-state index contributed by atoms with van der Waals surface area (Å²) in [6.45, 7) is 5.91. The van der Waals surface area contributed by atoms with Gasteiger partial charge in [-0.2, -0.15) is 0 Å². The lowest BCUT2D eigenvalue weighted by Crippen LogP contribution is -2.15. The van der Waals surface area contributed by atoms with Crippen LogP contribution in [0.5, 0.6) is 5.75 Å². The minimum atomic E-state index is -0.268. The van der Waals surface area contributed by atoms with E-state index < -0.39 is 0 Å². The molecule has 0 fully saturated rings. The molecule has 5 nitrogen and oxygen atoms in total. The summed E-state index contributed by atoms with van der Waals surface area (Å²) in [6, 6.07) is 17.9. The van der Waals surface area contributed by atoms with Crippen LogP contribution < -0.4 is 15.4 Å². The van der Waals surface area contributed by atoms with Gasteiger partial charge in [-0.1, -0.05) is 18.2 Å². The highest BCUT2D eigenvalue weighted by Crippen LogP contribution is 2.26. The van der Waals surface area contributed by atoms with E-state index in [2.05, 4.69) is 10.6 Å². The average molecular weight is 388 g/mol. The average Bonchev–Trinajstić information content (AvgIpc) is 2.71. The fourth-order valence-electron chi connectivity index (χ4n) is 2.97. The third-order valence-corrected chi connectivity index (χ3v) is 4.87. The van der Waals surface area contributed by atoms with Crippen LogP contribution in [-0.4, -0.2) is 18.9 Å². The number of anilines is 2. The molecule has 5 heteroatoms. The van der Waals surface area contributed by atoms with Crippen molar-refractivity contribution in [2.45, 2.75) is 20.8 Å². The van der Waals surface area contributed by atoms with Crippen molar-refractivity contribution in [2.24, 2.45) is 0 Å². The fourth-order valence-corrected chi connectivity index (χ4v) is 2.97. The zero-order chi connectivity index (χ0) is 21.0. The number of carbonyl (C=O) groups is 2. The summed E-state index contributed by atoms with van der Waals surface area (Å²) < 4.78 is 5.29. The molecule has 0 aliphatic rings. The van der Waals surface area contributed by atoms with Gasteiger partial charge in [0.15, 0.2) is 0 Å². The summed E-state index contributed by atoms with van der Waals surface area (Å²) in [7, 11) is 1.56. The molecule has 0 radical (unpaired) electrons. The molecular formula is C24H24N2O3. The second-order valence-electron chi connectivity index (χ2n) is 6.94. The van der Waals surface area contributed by atoms with Crippen molar-refractivity contribution in [1.29, 1.82) is 0 Å². The Balaban J connectivity index is 1.72. The maximum Gasteiger partial charge on any atom is 0.255 e. The van der Waals surface area contributed by atoms with Gasteiger partial charge in [0.2, 0.25) is 0 Å². The van der Waals surface area contributed by atoms with E-state index >= 15 is 0 Å². The Kier molecular flexibility index (Phi) is 5.98. The van der Waals surface area contributed by atoms with E-state index in [0.717, 1.165) is 22.4 Å². The molecule has 2 N–H and O–H groups in total. The number of ether oxygens (including phenoxy) is 1. The number of nitrogens with one attached hydrogen (secondary N) is 2. The monoisotopic (exact) mass is 388 g/mol. The molecule has 29 heavy (non-hydrogen) atoms. The van der Waals surface area contributed by atoms with Gasteiger partial charge in [0.1, 0.15) is 5.75 Å². The van der Waals surface area contributed by atoms with E-state index in [-0.39, 0.29) is 11.8 Å². The van der Waals surface area contributed by atoms with Crippen molar-refractivity contribution < 1.29 is 14.3 Å². The predicted molar refractivity (Wildman–Crippen MR) is 116 cm³/mol. The number of rotatable bonds is 5. The minimum Gasteiger partial charge on any atom is -0.495 e. The molecule has 0 saturated heterocycles. The third kappa shape index (κ3) is 4.63. The van der Waals surface area contributed by atoms with Crippen LogP contribution in [0.2, 0.25) is 0 Å². The number of methoxy groups -OCH3 is 1. The predicted octanol–water partition coefficient (Wildman–Crippen LogP) is 5.13. The first-order valence-corrected chi connectivity index (χ1v) is 9.32. The highest BCUT2D eigenvalue weighted by Gasteiger charge is 2.13. The van der Waals surface area contributed by atoms with Gasteiger partial charge in [0.25, 0.3) is 11.8 Å². The van der Waals surface area contributed by atoms with Gasteiger partial charge in [-0.3, -0.25) is 9.59 Å². The summed E-state index contributed by atoms with van der Waals surface area (Å²) in [5, 5.41) is 5.78. The lowest BCUT2D eigenvalue weighted by molar-refractivity contribution is 0.101. The van der Waals surface area contributed by atoms with Gasteiger partial charge in [0.05, 0.1) is 12.8 Å². The first kappa shape index (κ1) is 20.1. The molecule has 0 saturated carbocycles. The molecule has 0 spiro atoms. The Labute approximate surface area is 170 Å². The second-order valence-corrected chi connectivity index (χ2v) is 6.94. The largest absolute Gasteiger partial charge is 0.495 e. The van der Waals surface area contributed by atoms with Crippen molar-refractivity contribution in [1.82, 2.24) is 0 Å². The fraction of sp³-hybridized carbons (Fsp3) is 0.167. The molecule has 0 aliphatic carbocycles. The standard InChI is InChI=1S/C24H24N2O3/c1-15-8-13-22(29-4)21(14-15)26-24(28)19-11-9-18(10-12-19)23(27)25-20-7-5-6-16(2)17(20)3/h5-14H,1-4H3,(H,25,27)(H,26,28). The Hall–Kier alpha value is -3.60. The summed E-state index contributed by atoms with van der Waals surface area (Å²) >= 11 is 0. The smallest absolute Gasteiger partial charge is 0.255 e. The van der Waals surface area contributed by atoms with E-state index in [1.165, 1.54) is 0 Å². The highest BCUT2D eigenvalue weighted by atomic mass is 16.5. The topological polar surface area (TPSA) is 67.4 Å². The van der Waals surface area contributed by atoms with E-state index in [1.807, 2.05) is 57.2 Å². The number of amides is 2. The molecule has 0 unspecified atom stereocenters. The number of carbonyl (C=O) groups excluding carboxylic acids is 2. The molecule has 0 atom stereocenters. The lowest BCUT2D eigenvalue weighted by atomic mass is 10.1. The zero-order valence-electron chi connectivity index (χ0n) is 17.0. The van der Waals surface area contributed by atoms with Crippen LogP contribution in [0.4, 0.5) is 11.4 Å². The Morgan fingerprint density at radius 3 is 1.93 bits per heavy atom. The van der Waals surface area contributed by atoms with Crippen LogP contribution in [0.1, 0.15) is 37.4 Å². The molecule has 2 amide bonds. The van der Waals surface area contributed by atoms with Gasteiger partial charge in [-0.15, -0.1) is 0 Å². The summed E-state index contributed by atoms with van der Waals surface area (Å²) in [4.78, 5) is 25.1. The van der Waals surface area contributed by atoms with E-state index in [1.54, 1.807) is 31.4 Å². The molecule has 148 valence electrons. The van der Waals surface area contributed by atoms with Gasteiger partial charge >= 0.3 is 0 Å². The quantitative estimate of drug-likeness (QED) is 0.637. The summed E-state index contributed by atoms with van der Waals surface area (Å²) in [5.41, 5.74) is 5.48. The number of aryl methyl sites for hydroxylation is 2. The summed E-state index contributed by atoms with van der Waals surface area (Å²) in [6.07, 6.45) is 0. The van der Waals surface area contributed by atoms with Gasteiger partial charge in [-0.25, -0.2) is 0 Å². The first-order valence-electron chi connectivity index (χ1n) is 9.32. The van der Waals surface area contributed by atoms with Crippen molar-refractivity contribution in [2.75, 3.05) is 17.7 Å². The number of hydrogen-bond donors (Lipinski definition) is 2. The van der Waals surface area contributed by atoms with Gasteiger partial charge in [-0.05, 0) is 79.9 Å². The van der Waals surface area contributed by atoms with Crippen molar-refractivity contribution in [3.05, 3.63) is 88.5 Å². The maximum atomic E-state index is 12.6. The van der Waals surface area contributed by atoms with Crippen LogP contribution in [0.15, 0.2) is 60.7 Å². The molecule has 3 rings (SSSR count). The van der Waals surface area contributed by atoms with Crippen molar-refractivity contribution in [3.63, 3.8) is 0 Å². The SMILES string of the molecule is COc1ccc(C)cc1NC(=O)c1ccc(C(=O)Nc2cccc(C)c2C)cc1. The Morgan fingerprint density at radius 1 is 0.759 bits per heavy atom. The Morgan fingerprint density at radius 2 is 1.34 bits per heavy atom. The van der Waals surface area contributed by atoms with Crippen molar-refractivity contribution in [3.8, 4) is 5.75 Å². The number of benzene rings is 3. The summed E-state index contributed by atoms with van der Waals surface area (Å²) in [5.74, 6) is 0.106. The third-order valence-electron chi connectivity index (χ3n) is 4.87. The van der Waals surface area contributed by atoms with E-state index in [9.17, 15) is 9.59 Å². The Bertz CT molecular complexity index is 1060. The van der Waals surface area contributed by atoms with Crippen LogP contribution in [0.25, 0.3) is 0 Å². The zero-order valence-corrected chi connectivity index (χ0v) is 17.0. The molecule has 0 aromatic heterocycles. The van der Waals surface area contributed by atoms with Crippen LogP contribution in [0.3, 0.4) is 0 Å². The van der Waals surface area contributed by atoms with Gasteiger partial charge < -0.3 is 15.4 Å². The molecule has 3 aromatic rings.